The molecule has 6 nitrogen and oxygen atoms in total. The Kier molecular flexibility index (Phi) is 8.18. The van der Waals surface area contributed by atoms with Crippen LogP contribution in [0, 0.1) is 0 Å². The highest BCUT2D eigenvalue weighted by atomic mass is 35.5. The molecule has 1 saturated carbocycles. The minimum Gasteiger partial charge on any atom is -0.352 e. The molecule has 0 spiro atoms. The van der Waals surface area contributed by atoms with E-state index in [1.807, 2.05) is 60.0 Å². The number of nitrogens with one attached hydrogen (secondary N) is 1. The fourth-order valence-electron chi connectivity index (χ4n) is 4.17. The molecule has 0 radical (unpaired) electrons. The van der Waals surface area contributed by atoms with E-state index in [1.54, 1.807) is 12.3 Å². The van der Waals surface area contributed by atoms with Crippen molar-refractivity contribution < 1.29 is 18.9 Å². The molecule has 1 aromatic heterocycles. The van der Waals surface area contributed by atoms with Crippen molar-refractivity contribution in [3.05, 3.63) is 64.9 Å². The summed E-state index contributed by atoms with van der Waals surface area (Å²) in [5.41, 5.74) is 0.654. The van der Waals surface area contributed by atoms with Crippen LogP contribution in [0.5, 0.6) is 0 Å². The monoisotopic (exact) mass is 444 g/mol. The molecule has 1 unspecified atom stereocenters. The average molecular weight is 445 g/mol. The third-order valence-electron chi connectivity index (χ3n) is 5.81. The van der Waals surface area contributed by atoms with Gasteiger partial charge < -0.3 is 10.1 Å². The van der Waals surface area contributed by atoms with Crippen LogP contribution in [0.2, 0.25) is 5.02 Å². The molecular weight excluding hydrogens is 414 g/mol. The van der Waals surface area contributed by atoms with E-state index in [9.17, 15) is 9.59 Å². The number of pyridine rings is 1. The van der Waals surface area contributed by atoms with Crippen LogP contribution in [0.15, 0.2) is 48.8 Å². The Hall–Kier alpha value is -2.28. The van der Waals surface area contributed by atoms with Crippen molar-refractivity contribution in [2.45, 2.75) is 51.3 Å². The maximum absolute atomic E-state index is 13.1. The van der Waals surface area contributed by atoms with Crippen molar-refractivity contribution in [2.24, 2.45) is 0 Å². The van der Waals surface area contributed by atoms with Crippen molar-refractivity contribution in [1.29, 1.82) is 0 Å². The quantitative estimate of drug-likeness (QED) is 0.473. The number of likely N-dealkylation sites (N-methyl/N-ethyl adjacent to an activating group) is 1. The summed E-state index contributed by atoms with van der Waals surface area (Å²) in [5, 5.41) is 3.48. The third-order valence-corrected chi connectivity index (χ3v) is 6.14. The topological polar surface area (TPSA) is 62.5 Å². The summed E-state index contributed by atoms with van der Waals surface area (Å²) < 4.78 is 7.77. The van der Waals surface area contributed by atoms with E-state index in [1.165, 1.54) is 0 Å². The minimum atomic E-state index is -0.775. The van der Waals surface area contributed by atoms with Gasteiger partial charge in [0.25, 0.3) is 12.6 Å². The van der Waals surface area contributed by atoms with Crippen molar-refractivity contribution >= 4 is 23.3 Å². The van der Waals surface area contributed by atoms with Gasteiger partial charge in [-0.05, 0) is 44.0 Å². The number of carbonyl (C=O) groups excluding carboxylic acids is 2. The molecule has 1 heterocycles. The molecule has 2 aromatic rings. The number of amides is 1. The van der Waals surface area contributed by atoms with E-state index in [0.717, 1.165) is 31.2 Å². The van der Waals surface area contributed by atoms with E-state index >= 15 is 0 Å². The molecule has 1 atom stereocenters. The van der Waals surface area contributed by atoms with Gasteiger partial charge in [0.1, 0.15) is 17.8 Å². The van der Waals surface area contributed by atoms with Crippen LogP contribution in [0.4, 0.5) is 0 Å². The number of halogens is 1. The van der Waals surface area contributed by atoms with Gasteiger partial charge in [-0.25, -0.2) is 0 Å². The van der Waals surface area contributed by atoms with Gasteiger partial charge >= 0.3 is 0 Å². The van der Waals surface area contributed by atoms with Gasteiger partial charge in [-0.2, -0.15) is 4.57 Å². The highest BCUT2D eigenvalue weighted by Crippen LogP contribution is 2.42. The number of rotatable bonds is 9. The van der Waals surface area contributed by atoms with E-state index in [4.69, 9.17) is 16.3 Å². The van der Waals surface area contributed by atoms with Crippen molar-refractivity contribution in [3.63, 3.8) is 0 Å². The number of hydrogen-bond acceptors (Lipinski definition) is 4. The second-order valence-corrected chi connectivity index (χ2v) is 8.40. The molecule has 1 aliphatic rings. The van der Waals surface area contributed by atoms with Gasteiger partial charge in [0.15, 0.2) is 18.2 Å². The standard InChI is InChI=1S/C24H30ClN3O3/c1-3-14-26-23(30)19-9-8-15-28(16-19)18-31-17-27(2)24(13-7-6-12-22(24)29)20-10-4-5-11-21(20)25/h4-5,8-11,15-16H,3,6-7,12-14,17-18H2,1-2H3/p+1. The van der Waals surface area contributed by atoms with Crippen LogP contribution < -0.4 is 9.88 Å². The zero-order valence-electron chi connectivity index (χ0n) is 18.3. The highest BCUT2D eigenvalue weighted by molar-refractivity contribution is 6.31. The Balaban J connectivity index is 1.70. The zero-order chi connectivity index (χ0) is 22.3. The summed E-state index contributed by atoms with van der Waals surface area (Å²) in [6.07, 6.45) is 7.63. The van der Waals surface area contributed by atoms with Crippen molar-refractivity contribution in [2.75, 3.05) is 20.3 Å². The lowest BCUT2D eigenvalue weighted by Crippen LogP contribution is -2.53. The first-order valence-electron chi connectivity index (χ1n) is 10.8. The summed E-state index contributed by atoms with van der Waals surface area (Å²) in [4.78, 5) is 27.3. The SMILES string of the molecule is CCCNC(=O)c1ccc[n+](COCN(C)C2(c3ccccc3Cl)CCCCC2=O)c1. The Labute approximate surface area is 189 Å². The lowest BCUT2D eigenvalue weighted by Gasteiger charge is -2.43. The number of Topliss-reactive ketones (excluding diaryl/α,β-unsaturated/α-hetero) is 1. The number of benzene rings is 1. The van der Waals surface area contributed by atoms with Crippen LogP contribution in [0.1, 0.15) is 54.9 Å². The van der Waals surface area contributed by atoms with Gasteiger partial charge in [-0.3, -0.25) is 14.5 Å². The summed E-state index contributed by atoms with van der Waals surface area (Å²) in [6.45, 7) is 3.19. The summed E-state index contributed by atoms with van der Waals surface area (Å²) in [6, 6.07) is 11.2. The molecule has 0 bridgehead atoms. The first-order valence-corrected chi connectivity index (χ1v) is 11.2. The fraction of sp³-hybridized carbons (Fsp3) is 0.458. The Bertz CT molecular complexity index is 920. The number of ketones is 1. The van der Waals surface area contributed by atoms with Crippen LogP contribution in [0.3, 0.4) is 0 Å². The lowest BCUT2D eigenvalue weighted by molar-refractivity contribution is -0.733. The fourth-order valence-corrected chi connectivity index (χ4v) is 4.47. The van der Waals surface area contributed by atoms with Gasteiger partial charge in [0.2, 0.25) is 0 Å². The average Bonchev–Trinajstić information content (AvgIpc) is 2.78. The van der Waals surface area contributed by atoms with E-state index < -0.39 is 5.54 Å². The molecule has 31 heavy (non-hydrogen) atoms. The Morgan fingerprint density at radius 2 is 2.06 bits per heavy atom. The van der Waals surface area contributed by atoms with E-state index in [0.29, 0.717) is 23.6 Å². The number of ether oxygens (including phenoxy) is 1. The molecule has 1 fully saturated rings. The number of nitrogens with zero attached hydrogens (tertiary/aromatic N) is 2. The largest absolute Gasteiger partial charge is 0.352 e. The van der Waals surface area contributed by atoms with Crippen LogP contribution >= 0.6 is 11.6 Å². The number of hydrogen-bond donors (Lipinski definition) is 1. The van der Waals surface area contributed by atoms with Crippen LogP contribution in [0.25, 0.3) is 0 Å². The minimum absolute atomic E-state index is 0.0983. The van der Waals surface area contributed by atoms with Gasteiger partial charge in [-0.1, -0.05) is 43.1 Å². The summed E-state index contributed by atoms with van der Waals surface area (Å²) >= 11 is 6.51. The second-order valence-electron chi connectivity index (χ2n) is 7.99. The van der Waals surface area contributed by atoms with Crippen LogP contribution in [-0.4, -0.2) is 36.9 Å². The number of aromatic nitrogens is 1. The predicted octanol–water partition coefficient (Wildman–Crippen LogP) is 3.67. The van der Waals surface area contributed by atoms with Crippen molar-refractivity contribution in [3.8, 4) is 0 Å². The first-order chi connectivity index (χ1) is 15.0. The molecular formula is C24H31ClN3O3+. The zero-order valence-corrected chi connectivity index (χ0v) is 19.0. The summed E-state index contributed by atoms with van der Waals surface area (Å²) in [7, 11) is 1.91. The summed E-state index contributed by atoms with van der Waals surface area (Å²) in [5.74, 6) is 0.0824. The molecule has 1 amide bonds. The molecule has 0 saturated heterocycles. The molecule has 7 heteroatoms. The van der Waals surface area contributed by atoms with E-state index in [-0.39, 0.29) is 25.2 Å². The maximum Gasteiger partial charge on any atom is 0.257 e. The van der Waals surface area contributed by atoms with Gasteiger partial charge in [0.05, 0.1) is 0 Å². The van der Waals surface area contributed by atoms with Crippen LogP contribution in [-0.2, 0) is 21.8 Å². The molecule has 1 N–H and O–H groups in total. The smallest absolute Gasteiger partial charge is 0.257 e. The molecule has 166 valence electrons. The van der Waals surface area contributed by atoms with Gasteiger partial charge in [-0.15, -0.1) is 0 Å². The maximum atomic E-state index is 13.1. The predicted molar refractivity (Wildman–Crippen MR) is 120 cm³/mol. The Morgan fingerprint density at radius 3 is 2.81 bits per heavy atom. The molecule has 3 rings (SSSR count). The lowest BCUT2D eigenvalue weighted by atomic mass is 9.74. The highest BCUT2D eigenvalue weighted by Gasteiger charge is 2.46. The Morgan fingerprint density at radius 1 is 1.26 bits per heavy atom. The third kappa shape index (κ3) is 5.32. The molecule has 0 aliphatic heterocycles. The number of carbonyl (C=O) groups is 2. The molecule has 1 aromatic carbocycles. The molecule has 1 aliphatic carbocycles. The first kappa shape index (κ1) is 23.4. The normalized spacial score (nSPS) is 18.9. The van der Waals surface area contributed by atoms with Gasteiger partial charge in [0, 0.05) is 24.1 Å². The van der Waals surface area contributed by atoms with Crippen molar-refractivity contribution in [1.82, 2.24) is 10.2 Å². The second kappa shape index (κ2) is 10.8. The van der Waals surface area contributed by atoms with E-state index in [2.05, 4.69) is 5.32 Å².